The average molecular weight is 606 g/mol. The maximum Gasteiger partial charge on any atom is 0.416 e. The minimum atomic E-state index is -4.60. The summed E-state index contributed by atoms with van der Waals surface area (Å²) in [6.07, 6.45) is -2.84. The molecule has 0 spiro atoms. The largest absolute Gasteiger partial charge is 0.481 e. The molecule has 39 heavy (non-hydrogen) atoms. The fraction of sp³-hybridized carbons (Fsp3) is 0.414. The highest BCUT2D eigenvalue weighted by Crippen LogP contribution is 2.37. The fourth-order valence-electron chi connectivity index (χ4n) is 5.38. The molecule has 1 amide bonds. The van der Waals surface area contributed by atoms with Crippen molar-refractivity contribution in [2.24, 2.45) is 5.92 Å². The Morgan fingerprint density at radius 1 is 1.23 bits per heavy atom. The molecule has 2 aromatic carbocycles. The molecule has 0 unspecified atom stereocenters. The Balaban J connectivity index is 1.70. The Morgan fingerprint density at radius 2 is 1.97 bits per heavy atom. The number of fused-ring (bicyclic) bond motifs is 1. The monoisotopic (exact) mass is 605 g/mol. The number of carboxylic acids is 1. The lowest BCUT2D eigenvalue weighted by Crippen LogP contribution is -2.36. The number of carboxylic acid groups (broad SMARTS) is 1. The number of carbonyl (C=O) groups is 2. The van der Waals surface area contributed by atoms with E-state index in [0.717, 1.165) is 42.3 Å². The molecule has 0 saturated carbocycles. The van der Waals surface area contributed by atoms with Gasteiger partial charge in [-0.15, -0.1) is 0 Å². The van der Waals surface area contributed by atoms with Crippen LogP contribution in [-0.2, 0) is 11.0 Å². The highest BCUT2D eigenvalue weighted by atomic mass is 79.9. The van der Waals surface area contributed by atoms with Gasteiger partial charge < -0.3 is 15.3 Å². The SMILES string of the molecule is Cc1c(N2CCC[C@H](C)C2)nc2ccc(Br)cc2c1C(=O)NC[C@@H](CCC(=O)O)c1ccccc1C(F)(F)F. The Bertz CT molecular complexity index is 1380. The molecule has 2 N–H and O–H groups in total. The number of piperidine rings is 1. The van der Waals surface area contributed by atoms with Gasteiger partial charge in [-0.25, -0.2) is 4.98 Å². The number of benzene rings is 2. The fourth-order valence-corrected chi connectivity index (χ4v) is 5.74. The van der Waals surface area contributed by atoms with Crippen molar-refractivity contribution in [3.63, 3.8) is 0 Å². The van der Waals surface area contributed by atoms with Gasteiger partial charge in [-0.3, -0.25) is 9.59 Å². The number of nitrogens with zero attached hydrogens (tertiary/aromatic N) is 2. The van der Waals surface area contributed by atoms with Crippen molar-refractivity contribution in [2.75, 3.05) is 24.5 Å². The van der Waals surface area contributed by atoms with Crippen LogP contribution < -0.4 is 10.2 Å². The summed E-state index contributed by atoms with van der Waals surface area (Å²) in [5.74, 6) is -1.18. The molecule has 1 fully saturated rings. The first-order chi connectivity index (χ1) is 18.5. The van der Waals surface area contributed by atoms with Crippen molar-refractivity contribution in [3.8, 4) is 0 Å². The predicted molar refractivity (Wildman–Crippen MR) is 148 cm³/mol. The third-order valence-corrected chi connectivity index (χ3v) is 7.76. The van der Waals surface area contributed by atoms with Gasteiger partial charge in [0.25, 0.3) is 5.91 Å². The number of rotatable bonds is 8. The summed E-state index contributed by atoms with van der Waals surface area (Å²) in [5.41, 5.74) is 0.895. The second-order valence-electron chi connectivity index (χ2n) is 10.2. The number of hydrogen-bond acceptors (Lipinski definition) is 4. The molecule has 10 heteroatoms. The molecule has 6 nitrogen and oxygen atoms in total. The number of amides is 1. The Kier molecular flexibility index (Phi) is 8.83. The Morgan fingerprint density at radius 3 is 2.67 bits per heavy atom. The quantitative estimate of drug-likeness (QED) is 0.291. The zero-order chi connectivity index (χ0) is 28.3. The lowest BCUT2D eigenvalue weighted by Gasteiger charge is -2.33. The van der Waals surface area contributed by atoms with Crippen LogP contribution in [-0.4, -0.2) is 41.6 Å². The maximum atomic E-state index is 13.8. The molecular formula is C29H31BrF3N3O3. The van der Waals surface area contributed by atoms with Gasteiger partial charge in [0.05, 0.1) is 16.6 Å². The Labute approximate surface area is 233 Å². The van der Waals surface area contributed by atoms with Crippen molar-refractivity contribution in [2.45, 2.75) is 51.6 Å². The zero-order valence-electron chi connectivity index (χ0n) is 21.8. The zero-order valence-corrected chi connectivity index (χ0v) is 23.4. The number of halogens is 4. The summed E-state index contributed by atoms with van der Waals surface area (Å²) in [6, 6.07) is 10.6. The van der Waals surface area contributed by atoms with E-state index in [4.69, 9.17) is 4.98 Å². The molecule has 2 atom stereocenters. The molecule has 1 saturated heterocycles. The van der Waals surface area contributed by atoms with Crippen molar-refractivity contribution in [3.05, 3.63) is 69.2 Å². The van der Waals surface area contributed by atoms with Crippen LogP contribution in [0.5, 0.6) is 0 Å². The summed E-state index contributed by atoms with van der Waals surface area (Å²) in [4.78, 5) is 32.1. The van der Waals surface area contributed by atoms with E-state index in [2.05, 4.69) is 33.1 Å². The highest BCUT2D eigenvalue weighted by Gasteiger charge is 2.35. The number of hydrogen-bond donors (Lipinski definition) is 2. The number of carbonyl (C=O) groups excluding carboxylic acids is 1. The summed E-state index contributed by atoms with van der Waals surface area (Å²) < 4.78 is 42.1. The minimum Gasteiger partial charge on any atom is -0.481 e. The van der Waals surface area contributed by atoms with Gasteiger partial charge in [-0.2, -0.15) is 13.2 Å². The standard InChI is InChI=1S/C29H31BrF3N3O3/c1-17-6-5-13-36(16-17)27-18(2)26(22-14-20(30)10-11-24(22)35-27)28(39)34-15-19(9-12-25(37)38)21-7-3-4-8-23(21)29(31,32)33/h3-4,7-8,10-11,14,17,19H,5-6,9,12-13,15-16H2,1-2H3,(H,34,39)(H,37,38)/t17-,19+/m0/s1. The van der Waals surface area contributed by atoms with Crippen LogP contribution in [0.1, 0.15) is 65.6 Å². The molecule has 1 aromatic heterocycles. The molecule has 0 radical (unpaired) electrons. The summed E-state index contributed by atoms with van der Waals surface area (Å²) in [7, 11) is 0. The van der Waals surface area contributed by atoms with Crippen molar-refractivity contribution in [1.29, 1.82) is 0 Å². The molecule has 1 aliphatic rings. The summed E-state index contributed by atoms with van der Waals surface area (Å²) >= 11 is 3.46. The smallest absolute Gasteiger partial charge is 0.416 e. The summed E-state index contributed by atoms with van der Waals surface area (Å²) in [5, 5.41) is 12.7. The molecule has 3 aromatic rings. The summed E-state index contributed by atoms with van der Waals surface area (Å²) in [6.45, 7) is 5.53. The second-order valence-corrected chi connectivity index (χ2v) is 11.1. The molecule has 208 valence electrons. The van der Waals surface area contributed by atoms with Crippen LogP contribution in [0.25, 0.3) is 10.9 Å². The number of anilines is 1. The van der Waals surface area contributed by atoms with E-state index < -0.39 is 29.5 Å². The van der Waals surface area contributed by atoms with Gasteiger partial charge in [0.15, 0.2) is 0 Å². The van der Waals surface area contributed by atoms with Crippen molar-refractivity contribution >= 4 is 44.5 Å². The van der Waals surface area contributed by atoms with Crippen LogP contribution in [0.4, 0.5) is 19.0 Å². The van der Waals surface area contributed by atoms with Gasteiger partial charge in [0.1, 0.15) is 5.82 Å². The molecule has 4 rings (SSSR count). The van der Waals surface area contributed by atoms with E-state index in [9.17, 15) is 27.9 Å². The number of nitrogens with one attached hydrogen (secondary N) is 1. The van der Waals surface area contributed by atoms with E-state index in [1.807, 2.05) is 25.1 Å². The third-order valence-electron chi connectivity index (χ3n) is 7.27. The second kappa shape index (κ2) is 11.9. The van der Waals surface area contributed by atoms with Crippen molar-refractivity contribution in [1.82, 2.24) is 10.3 Å². The Hall–Kier alpha value is -3.14. The number of pyridine rings is 1. The van der Waals surface area contributed by atoms with E-state index in [-0.39, 0.29) is 24.9 Å². The van der Waals surface area contributed by atoms with Crippen LogP contribution in [0.2, 0.25) is 0 Å². The third kappa shape index (κ3) is 6.72. The highest BCUT2D eigenvalue weighted by molar-refractivity contribution is 9.10. The first kappa shape index (κ1) is 28.9. The molecule has 0 bridgehead atoms. The topological polar surface area (TPSA) is 82.5 Å². The van der Waals surface area contributed by atoms with Crippen LogP contribution >= 0.6 is 15.9 Å². The maximum absolute atomic E-state index is 13.8. The first-order valence-electron chi connectivity index (χ1n) is 13.0. The van der Waals surface area contributed by atoms with E-state index in [1.165, 1.54) is 18.2 Å². The molecular weight excluding hydrogens is 575 g/mol. The average Bonchev–Trinajstić information content (AvgIpc) is 2.87. The van der Waals surface area contributed by atoms with Gasteiger partial charge >= 0.3 is 12.1 Å². The van der Waals surface area contributed by atoms with E-state index in [0.29, 0.717) is 27.9 Å². The number of aliphatic carboxylic acids is 1. The number of aromatic nitrogens is 1. The predicted octanol–water partition coefficient (Wildman–Crippen LogP) is 6.94. The van der Waals surface area contributed by atoms with E-state index >= 15 is 0 Å². The van der Waals surface area contributed by atoms with Crippen LogP contribution in [0, 0.1) is 12.8 Å². The van der Waals surface area contributed by atoms with Gasteiger partial charge in [-0.05, 0) is 61.9 Å². The molecule has 0 aliphatic carbocycles. The molecule has 1 aliphatic heterocycles. The van der Waals surface area contributed by atoms with E-state index in [1.54, 1.807) is 0 Å². The molecule has 2 heterocycles. The van der Waals surface area contributed by atoms with Gasteiger partial charge in [0.2, 0.25) is 0 Å². The number of alkyl halides is 3. The normalized spacial score (nSPS) is 16.8. The lowest BCUT2D eigenvalue weighted by atomic mass is 9.89. The first-order valence-corrected chi connectivity index (χ1v) is 13.8. The van der Waals surface area contributed by atoms with Crippen LogP contribution in [0.3, 0.4) is 0 Å². The van der Waals surface area contributed by atoms with Crippen molar-refractivity contribution < 1.29 is 27.9 Å². The van der Waals surface area contributed by atoms with Gasteiger partial charge in [0, 0.05) is 47.4 Å². The lowest BCUT2D eigenvalue weighted by molar-refractivity contribution is -0.138. The minimum absolute atomic E-state index is 0.0337. The van der Waals surface area contributed by atoms with Gasteiger partial charge in [-0.1, -0.05) is 41.1 Å². The van der Waals surface area contributed by atoms with Crippen LogP contribution in [0.15, 0.2) is 46.9 Å².